The molecule has 2 heterocycles. The lowest BCUT2D eigenvalue weighted by atomic mass is 10.1. The van der Waals surface area contributed by atoms with E-state index >= 15 is 0 Å². The SMILES string of the molecule is CCn1cc([C@H]2C[S@@](=O)CCN2CCCCCOC)cn1. The molecule has 1 fully saturated rings. The van der Waals surface area contributed by atoms with Gasteiger partial charge in [-0.15, -0.1) is 0 Å². The first-order valence-electron chi connectivity index (χ1n) is 7.85. The second kappa shape index (κ2) is 8.66. The molecule has 0 aromatic carbocycles. The Morgan fingerprint density at radius 2 is 2.29 bits per heavy atom. The molecular formula is C15H27N3O2S. The van der Waals surface area contributed by atoms with Crippen molar-refractivity contribution < 1.29 is 8.95 Å². The molecular weight excluding hydrogens is 286 g/mol. The summed E-state index contributed by atoms with van der Waals surface area (Å²) in [4.78, 5) is 2.48. The van der Waals surface area contributed by atoms with E-state index in [9.17, 15) is 4.21 Å². The Balaban J connectivity index is 1.91. The van der Waals surface area contributed by atoms with Gasteiger partial charge >= 0.3 is 0 Å². The third kappa shape index (κ3) is 4.90. The van der Waals surface area contributed by atoms with Crippen LogP contribution in [0.15, 0.2) is 12.4 Å². The van der Waals surface area contributed by atoms with Gasteiger partial charge in [0.25, 0.3) is 0 Å². The van der Waals surface area contributed by atoms with Crippen LogP contribution < -0.4 is 0 Å². The van der Waals surface area contributed by atoms with Gasteiger partial charge in [-0.2, -0.15) is 5.10 Å². The van der Waals surface area contributed by atoms with Crippen LogP contribution in [0.3, 0.4) is 0 Å². The van der Waals surface area contributed by atoms with Crippen molar-refractivity contribution in [2.75, 3.05) is 38.3 Å². The largest absolute Gasteiger partial charge is 0.385 e. The van der Waals surface area contributed by atoms with Crippen LogP contribution in [0.2, 0.25) is 0 Å². The van der Waals surface area contributed by atoms with Crippen LogP contribution in [0.5, 0.6) is 0 Å². The summed E-state index contributed by atoms with van der Waals surface area (Å²) in [5.41, 5.74) is 1.21. The molecule has 120 valence electrons. The van der Waals surface area contributed by atoms with E-state index in [1.54, 1.807) is 7.11 Å². The zero-order chi connectivity index (χ0) is 15.1. The first-order chi connectivity index (χ1) is 10.2. The molecule has 0 N–H and O–H groups in total. The molecule has 2 rings (SSSR count). The molecule has 0 aliphatic carbocycles. The highest BCUT2D eigenvalue weighted by Crippen LogP contribution is 2.25. The van der Waals surface area contributed by atoms with Crippen LogP contribution in [-0.2, 0) is 22.1 Å². The average Bonchev–Trinajstić information content (AvgIpc) is 2.97. The van der Waals surface area contributed by atoms with E-state index in [2.05, 4.69) is 23.1 Å². The Kier molecular flexibility index (Phi) is 6.86. The Morgan fingerprint density at radius 1 is 1.43 bits per heavy atom. The number of aryl methyl sites for hydroxylation is 1. The van der Waals surface area contributed by atoms with Crippen molar-refractivity contribution in [3.05, 3.63) is 18.0 Å². The van der Waals surface area contributed by atoms with Crippen molar-refractivity contribution in [2.45, 2.75) is 38.8 Å². The molecule has 0 radical (unpaired) electrons. The van der Waals surface area contributed by atoms with Crippen molar-refractivity contribution in [2.24, 2.45) is 0 Å². The molecule has 0 bridgehead atoms. The average molecular weight is 313 g/mol. The lowest BCUT2D eigenvalue weighted by molar-refractivity contribution is 0.183. The van der Waals surface area contributed by atoms with Crippen LogP contribution in [0.4, 0.5) is 0 Å². The molecule has 0 amide bonds. The summed E-state index contributed by atoms with van der Waals surface area (Å²) in [6.45, 7) is 5.81. The summed E-state index contributed by atoms with van der Waals surface area (Å²) in [7, 11) is 1.06. The Bertz CT molecular complexity index is 450. The molecule has 0 saturated carbocycles. The minimum Gasteiger partial charge on any atom is -0.385 e. The smallest absolute Gasteiger partial charge is 0.0538 e. The van der Waals surface area contributed by atoms with Crippen LogP contribution in [-0.4, -0.2) is 57.2 Å². The van der Waals surface area contributed by atoms with Gasteiger partial charge in [0.1, 0.15) is 0 Å². The topological polar surface area (TPSA) is 47.4 Å². The van der Waals surface area contributed by atoms with Gasteiger partial charge in [0.05, 0.1) is 6.20 Å². The van der Waals surface area contributed by atoms with Gasteiger partial charge in [0, 0.05) is 66.9 Å². The summed E-state index contributed by atoms with van der Waals surface area (Å²) >= 11 is 0. The molecule has 6 heteroatoms. The summed E-state index contributed by atoms with van der Waals surface area (Å²) in [6.07, 6.45) is 7.53. The van der Waals surface area contributed by atoms with Crippen LogP contribution in [0, 0.1) is 0 Å². The predicted octanol–water partition coefficient (Wildman–Crippen LogP) is 1.83. The number of rotatable bonds is 8. The first kappa shape index (κ1) is 16.6. The van der Waals surface area contributed by atoms with Crippen molar-refractivity contribution >= 4 is 10.8 Å². The van der Waals surface area contributed by atoms with Gasteiger partial charge in [-0.25, -0.2) is 0 Å². The van der Waals surface area contributed by atoms with E-state index in [1.165, 1.54) is 18.4 Å². The van der Waals surface area contributed by atoms with E-state index in [-0.39, 0.29) is 6.04 Å². The number of unbranched alkanes of at least 4 members (excludes halogenated alkanes) is 2. The maximum atomic E-state index is 11.9. The molecule has 0 spiro atoms. The van der Waals surface area contributed by atoms with Crippen LogP contribution >= 0.6 is 0 Å². The minimum atomic E-state index is -0.693. The third-order valence-electron chi connectivity index (χ3n) is 4.05. The highest BCUT2D eigenvalue weighted by molar-refractivity contribution is 7.85. The van der Waals surface area contributed by atoms with Crippen molar-refractivity contribution in [1.82, 2.24) is 14.7 Å². The molecule has 1 aliphatic rings. The quantitative estimate of drug-likeness (QED) is 0.687. The standard InChI is InChI=1S/C15H27N3O2S/c1-3-18-12-14(11-16-18)15-13-21(19)10-8-17(15)7-5-4-6-9-20-2/h11-12,15H,3-10,13H2,1-2H3/t15-,21+/m1/s1. The number of hydrogen-bond acceptors (Lipinski definition) is 4. The van der Waals surface area contributed by atoms with Crippen molar-refractivity contribution in [3.8, 4) is 0 Å². The van der Waals surface area contributed by atoms with Gasteiger partial charge in [-0.1, -0.05) is 0 Å². The monoisotopic (exact) mass is 313 g/mol. The van der Waals surface area contributed by atoms with Crippen molar-refractivity contribution in [1.29, 1.82) is 0 Å². The number of nitrogens with zero attached hydrogens (tertiary/aromatic N) is 3. The molecule has 0 unspecified atom stereocenters. The Morgan fingerprint density at radius 3 is 3.00 bits per heavy atom. The minimum absolute atomic E-state index is 0.266. The first-order valence-corrected chi connectivity index (χ1v) is 9.33. The van der Waals surface area contributed by atoms with Gasteiger partial charge < -0.3 is 4.74 Å². The molecule has 5 nitrogen and oxygen atoms in total. The zero-order valence-electron chi connectivity index (χ0n) is 13.2. The van der Waals surface area contributed by atoms with Gasteiger partial charge in [-0.3, -0.25) is 13.8 Å². The zero-order valence-corrected chi connectivity index (χ0v) is 14.0. The lowest BCUT2D eigenvalue weighted by Crippen LogP contribution is -2.41. The molecule has 21 heavy (non-hydrogen) atoms. The number of hydrogen-bond donors (Lipinski definition) is 0. The number of methoxy groups -OCH3 is 1. The molecule has 1 aliphatic heterocycles. The van der Waals surface area contributed by atoms with Crippen molar-refractivity contribution in [3.63, 3.8) is 0 Å². The maximum absolute atomic E-state index is 11.9. The molecule has 1 saturated heterocycles. The van der Waals surface area contributed by atoms with Gasteiger partial charge in [-0.05, 0) is 32.7 Å². The predicted molar refractivity (Wildman–Crippen MR) is 85.8 cm³/mol. The summed E-state index contributed by atoms with van der Waals surface area (Å²) < 4.78 is 19.0. The normalized spacial score (nSPS) is 23.5. The fourth-order valence-electron chi connectivity index (χ4n) is 2.78. The fourth-order valence-corrected chi connectivity index (χ4v) is 4.14. The van der Waals surface area contributed by atoms with E-state index < -0.39 is 10.8 Å². The fraction of sp³-hybridized carbons (Fsp3) is 0.800. The third-order valence-corrected chi connectivity index (χ3v) is 5.37. The molecule has 1 aromatic rings. The molecule has 1 aromatic heterocycles. The second-order valence-electron chi connectivity index (χ2n) is 5.55. The second-order valence-corrected chi connectivity index (χ2v) is 7.17. The van der Waals surface area contributed by atoms with E-state index in [1.807, 2.05) is 10.9 Å². The summed E-state index contributed by atoms with van der Waals surface area (Å²) in [5, 5.41) is 4.36. The van der Waals surface area contributed by atoms with Crippen LogP contribution in [0.25, 0.3) is 0 Å². The van der Waals surface area contributed by atoms with E-state index in [4.69, 9.17) is 4.74 Å². The Labute approximate surface area is 130 Å². The summed E-state index contributed by atoms with van der Waals surface area (Å²) in [5.74, 6) is 1.55. The highest BCUT2D eigenvalue weighted by atomic mass is 32.2. The van der Waals surface area contributed by atoms with Gasteiger partial charge in [0.2, 0.25) is 0 Å². The molecule has 2 atom stereocenters. The number of ether oxygens (including phenoxy) is 1. The van der Waals surface area contributed by atoms with E-state index in [0.717, 1.165) is 44.2 Å². The lowest BCUT2D eigenvalue weighted by Gasteiger charge is -2.34. The van der Waals surface area contributed by atoms with E-state index in [0.29, 0.717) is 0 Å². The Hall–Kier alpha value is -0.720. The van der Waals surface area contributed by atoms with Crippen LogP contribution in [0.1, 0.15) is 37.8 Å². The summed E-state index contributed by atoms with van der Waals surface area (Å²) in [6, 6.07) is 0.266. The maximum Gasteiger partial charge on any atom is 0.0538 e. The van der Waals surface area contributed by atoms with Gasteiger partial charge in [0.15, 0.2) is 0 Å². The highest BCUT2D eigenvalue weighted by Gasteiger charge is 2.28. The number of aromatic nitrogens is 2.